The van der Waals surface area contributed by atoms with Gasteiger partial charge in [-0.15, -0.1) is 0 Å². The number of hydrogen-bond donors (Lipinski definition) is 0. The summed E-state index contributed by atoms with van der Waals surface area (Å²) in [4.78, 5) is 0. The number of rotatable bonds is 20. The van der Waals surface area contributed by atoms with Crippen LogP contribution in [0.4, 0.5) is 0 Å². The molecule has 4 atom stereocenters. The first-order chi connectivity index (χ1) is 15.0. The number of unbranched alkanes of at least 4 members (excludes halogenated alkanes) is 6. The first-order valence-corrected chi connectivity index (χ1v) is 14.0. The minimum Gasteiger partial charge on any atom is -0.349 e. The van der Waals surface area contributed by atoms with Crippen LogP contribution in [0.2, 0.25) is 0 Å². The van der Waals surface area contributed by atoms with Crippen molar-refractivity contribution in [2.45, 2.75) is 155 Å². The lowest BCUT2D eigenvalue weighted by atomic mass is 9.93. The quantitative estimate of drug-likeness (QED) is 0.178. The topological polar surface area (TPSA) is 27.7 Å². The maximum absolute atomic E-state index is 6.61. The molecular formula is C28H54O3. The summed E-state index contributed by atoms with van der Waals surface area (Å²) in [6, 6.07) is 0. The Morgan fingerprint density at radius 2 is 1.00 bits per heavy atom. The van der Waals surface area contributed by atoms with Gasteiger partial charge in [0, 0.05) is 25.7 Å². The molecule has 0 aliphatic carbocycles. The Morgan fingerprint density at radius 3 is 1.32 bits per heavy atom. The summed E-state index contributed by atoms with van der Waals surface area (Å²) in [7, 11) is 0. The highest BCUT2D eigenvalue weighted by Crippen LogP contribution is 2.44. The molecule has 0 spiro atoms. The largest absolute Gasteiger partial charge is 0.349 e. The lowest BCUT2D eigenvalue weighted by Gasteiger charge is -2.51. The molecule has 31 heavy (non-hydrogen) atoms. The van der Waals surface area contributed by atoms with Crippen molar-refractivity contribution in [3.05, 3.63) is 0 Å². The van der Waals surface area contributed by atoms with Gasteiger partial charge in [0.15, 0.2) is 11.6 Å². The van der Waals surface area contributed by atoms with Crippen LogP contribution in [-0.4, -0.2) is 24.8 Å². The SMILES string of the molecule is CCCCC(C)CCCCCC1(OC2(CCCCCC(C)CCCC)CCO2)CCO1. The molecule has 0 radical (unpaired) electrons. The molecule has 2 aliphatic heterocycles. The Labute approximate surface area is 194 Å². The van der Waals surface area contributed by atoms with E-state index in [1.54, 1.807) is 0 Å². The lowest BCUT2D eigenvalue weighted by molar-refractivity contribution is -0.432. The molecule has 0 aromatic carbocycles. The van der Waals surface area contributed by atoms with E-state index in [2.05, 4.69) is 27.7 Å². The average molecular weight is 439 g/mol. The van der Waals surface area contributed by atoms with Crippen LogP contribution in [0.25, 0.3) is 0 Å². The molecule has 0 bridgehead atoms. The van der Waals surface area contributed by atoms with Gasteiger partial charge in [0.25, 0.3) is 0 Å². The molecule has 2 heterocycles. The molecular weight excluding hydrogens is 384 g/mol. The predicted molar refractivity (Wildman–Crippen MR) is 131 cm³/mol. The summed E-state index contributed by atoms with van der Waals surface area (Å²) >= 11 is 0. The molecule has 184 valence electrons. The van der Waals surface area contributed by atoms with Crippen molar-refractivity contribution in [3.63, 3.8) is 0 Å². The van der Waals surface area contributed by atoms with Crippen LogP contribution in [0.15, 0.2) is 0 Å². The van der Waals surface area contributed by atoms with Crippen LogP contribution >= 0.6 is 0 Å². The van der Waals surface area contributed by atoms with Crippen molar-refractivity contribution in [2.24, 2.45) is 11.8 Å². The summed E-state index contributed by atoms with van der Waals surface area (Å²) in [6.07, 6.45) is 22.8. The van der Waals surface area contributed by atoms with E-state index in [9.17, 15) is 0 Å². The molecule has 0 aromatic heterocycles. The van der Waals surface area contributed by atoms with Crippen molar-refractivity contribution in [2.75, 3.05) is 13.2 Å². The van der Waals surface area contributed by atoms with Crippen LogP contribution in [0, 0.1) is 11.8 Å². The molecule has 2 saturated heterocycles. The first-order valence-electron chi connectivity index (χ1n) is 14.0. The van der Waals surface area contributed by atoms with E-state index in [-0.39, 0.29) is 11.6 Å². The predicted octanol–water partition coefficient (Wildman–Crippen LogP) is 8.79. The zero-order valence-electron chi connectivity index (χ0n) is 21.5. The van der Waals surface area contributed by atoms with Crippen molar-refractivity contribution >= 4 is 0 Å². The second-order valence-corrected chi connectivity index (χ2v) is 10.8. The van der Waals surface area contributed by atoms with Gasteiger partial charge in [-0.25, -0.2) is 0 Å². The molecule has 2 aliphatic rings. The minimum absolute atomic E-state index is 0.344. The fourth-order valence-electron chi connectivity index (χ4n) is 5.18. The molecule has 0 amide bonds. The van der Waals surface area contributed by atoms with E-state index in [1.165, 1.54) is 89.9 Å². The number of hydrogen-bond acceptors (Lipinski definition) is 3. The Balaban J connectivity index is 1.61. The van der Waals surface area contributed by atoms with Gasteiger partial charge in [-0.2, -0.15) is 0 Å². The van der Waals surface area contributed by atoms with Gasteiger partial charge < -0.3 is 14.2 Å². The third-order valence-corrected chi connectivity index (χ3v) is 7.68. The smallest absolute Gasteiger partial charge is 0.173 e. The maximum atomic E-state index is 6.61. The van der Waals surface area contributed by atoms with Crippen molar-refractivity contribution < 1.29 is 14.2 Å². The standard InChI is InChI=1S/C28H54O3/c1-5-7-15-25(3)17-11-9-13-19-27(21-23-29-27)31-28(22-24-30-28)20-14-10-12-18-26(4)16-8-6-2/h25-26H,5-24H2,1-4H3. The van der Waals surface area contributed by atoms with Crippen LogP contribution in [0.5, 0.6) is 0 Å². The van der Waals surface area contributed by atoms with Crippen LogP contribution < -0.4 is 0 Å². The summed E-state index contributed by atoms with van der Waals surface area (Å²) in [5.74, 6) is 1.07. The zero-order valence-corrected chi connectivity index (χ0v) is 21.5. The van der Waals surface area contributed by atoms with E-state index < -0.39 is 0 Å². The molecule has 2 rings (SSSR count). The Morgan fingerprint density at radius 1 is 0.613 bits per heavy atom. The van der Waals surface area contributed by atoms with Crippen molar-refractivity contribution in [3.8, 4) is 0 Å². The fourth-order valence-corrected chi connectivity index (χ4v) is 5.18. The Bertz CT molecular complexity index is 402. The van der Waals surface area contributed by atoms with Gasteiger partial charge in [0.2, 0.25) is 0 Å². The molecule has 0 N–H and O–H groups in total. The molecule has 2 fully saturated rings. The van der Waals surface area contributed by atoms with Crippen molar-refractivity contribution in [1.82, 2.24) is 0 Å². The maximum Gasteiger partial charge on any atom is 0.173 e. The van der Waals surface area contributed by atoms with Gasteiger partial charge in [-0.1, -0.05) is 105 Å². The van der Waals surface area contributed by atoms with Gasteiger partial charge in [-0.3, -0.25) is 0 Å². The highest BCUT2D eigenvalue weighted by molar-refractivity contribution is 4.86. The lowest BCUT2D eigenvalue weighted by Crippen LogP contribution is -2.57. The van der Waals surface area contributed by atoms with E-state index in [0.717, 1.165) is 50.7 Å². The van der Waals surface area contributed by atoms with Crippen molar-refractivity contribution in [1.29, 1.82) is 0 Å². The Kier molecular flexibility index (Phi) is 13.0. The molecule has 4 unspecified atom stereocenters. The second kappa shape index (κ2) is 14.9. The van der Waals surface area contributed by atoms with E-state index in [4.69, 9.17) is 14.2 Å². The van der Waals surface area contributed by atoms with Gasteiger partial charge in [0.05, 0.1) is 13.2 Å². The molecule has 3 nitrogen and oxygen atoms in total. The highest BCUT2D eigenvalue weighted by Gasteiger charge is 2.50. The fraction of sp³-hybridized carbons (Fsp3) is 1.00. The number of ether oxygens (including phenoxy) is 3. The van der Waals surface area contributed by atoms with E-state index in [1.807, 2.05) is 0 Å². The van der Waals surface area contributed by atoms with Gasteiger partial charge in [0.1, 0.15) is 0 Å². The normalized spacial score (nSPS) is 27.5. The minimum atomic E-state index is -0.344. The third-order valence-electron chi connectivity index (χ3n) is 7.68. The van der Waals surface area contributed by atoms with Crippen LogP contribution in [-0.2, 0) is 14.2 Å². The summed E-state index contributed by atoms with van der Waals surface area (Å²) < 4.78 is 18.7. The molecule has 3 heteroatoms. The van der Waals surface area contributed by atoms with Crippen LogP contribution in [0.1, 0.15) is 143 Å². The highest BCUT2D eigenvalue weighted by atomic mass is 16.8. The summed E-state index contributed by atoms with van der Waals surface area (Å²) in [5, 5.41) is 0. The molecule has 0 saturated carbocycles. The summed E-state index contributed by atoms with van der Waals surface area (Å²) in [5.41, 5.74) is 0. The zero-order chi connectivity index (χ0) is 22.4. The van der Waals surface area contributed by atoms with Crippen LogP contribution in [0.3, 0.4) is 0 Å². The summed E-state index contributed by atoms with van der Waals surface area (Å²) in [6.45, 7) is 11.1. The second-order valence-electron chi connectivity index (χ2n) is 10.8. The van der Waals surface area contributed by atoms with Gasteiger partial charge in [-0.05, 0) is 24.7 Å². The molecule has 0 aromatic rings. The Hall–Kier alpha value is -0.120. The van der Waals surface area contributed by atoms with Gasteiger partial charge >= 0.3 is 0 Å². The monoisotopic (exact) mass is 438 g/mol. The average Bonchev–Trinajstić information content (AvgIpc) is 2.71. The van der Waals surface area contributed by atoms with E-state index >= 15 is 0 Å². The third kappa shape index (κ3) is 10.1. The van der Waals surface area contributed by atoms with E-state index in [0.29, 0.717) is 0 Å². The first kappa shape index (κ1) is 27.1.